The zero-order chi connectivity index (χ0) is 12.5. The lowest BCUT2D eigenvalue weighted by atomic mass is 9.81. The highest BCUT2D eigenvalue weighted by Gasteiger charge is 2.37. The van der Waals surface area contributed by atoms with E-state index in [0.717, 1.165) is 18.6 Å². The third-order valence-corrected chi connectivity index (χ3v) is 5.53. The molecule has 0 saturated carbocycles. The first-order valence-electron chi connectivity index (χ1n) is 7.14. The van der Waals surface area contributed by atoms with Gasteiger partial charge >= 0.3 is 0 Å². The van der Waals surface area contributed by atoms with Gasteiger partial charge in [-0.3, -0.25) is 4.90 Å². The minimum absolute atomic E-state index is 0.437. The third kappa shape index (κ3) is 2.46. The Labute approximate surface area is 113 Å². The number of nitrogens with two attached hydrogens (primary N) is 1. The largest absolute Gasteiger partial charge is 0.328 e. The van der Waals surface area contributed by atoms with Crippen LogP contribution < -0.4 is 5.73 Å². The fourth-order valence-corrected chi connectivity index (χ4v) is 4.38. The van der Waals surface area contributed by atoms with Crippen molar-refractivity contribution in [1.82, 2.24) is 9.88 Å². The molecule has 2 aliphatic rings. The van der Waals surface area contributed by atoms with E-state index in [-0.39, 0.29) is 0 Å². The standard InChI is InChI=1S/C14H23N3S/c1-10(14-16-5-6-18-14)9-17-12-3-2-4-13(17)8-11(15)7-12/h5-6,10-13H,2-4,7-9,15H2,1H3. The summed E-state index contributed by atoms with van der Waals surface area (Å²) in [5, 5.41) is 3.36. The molecule has 3 heterocycles. The van der Waals surface area contributed by atoms with E-state index in [1.54, 1.807) is 11.3 Å². The molecule has 0 aliphatic carbocycles. The average molecular weight is 265 g/mol. The van der Waals surface area contributed by atoms with Gasteiger partial charge in [0.1, 0.15) is 0 Å². The number of thiazole rings is 1. The van der Waals surface area contributed by atoms with Gasteiger partial charge in [-0.05, 0) is 25.7 Å². The third-order valence-electron chi connectivity index (χ3n) is 4.52. The fraction of sp³-hybridized carbons (Fsp3) is 0.786. The molecule has 3 rings (SSSR count). The molecule has 2 saturated heterocycles. The summed E-state index contributed by atoms with van der Waals surface area (Å²) in [5.41, 5.74) is 6.18. The summed E-state index contributed by atoms with van der Waals surface area (Å²) in [7, 11) is 0. The molecule has 0 amide bonds. The van der Waals surface area contributed by atoms with E-state index in [4.69, 9.17) is 5.73 Å². The first-order valence-corrected chi connectivity index (χ1v) is 8.02. The molecule has 3 unspecified atom stereocenters. The summed E-state index contributed by atoms with van der Waals surface area (Å²) >= 11 is 1.79. The van der Waals surface area contributed by atoms with Crippen LogP contribution in [-0.2, 0) is 0 Å². The van der Waals surface area contributed by atoms with Gasteiger partial charge in [-0.25, -0.2) is 4.98 Å². The number of nitrogens with zero attached hydrogens (tertiary/aromatic N) is 2. The van der Waals surface area contributed by atoms with Crippen LogP contribution in [-0.4, -0.2) is 34.6 Å². The number of hydrogen-bond donors (Lipinski definition) is 1. The van der Waals surface area contributed by atoms with E-state index in [0.29, 0.717) is 12.0 Å². The minimum atomic E-state index is 0.437. The van der Waals surface area contributed by atoms with Crippen LogP contribution in [0.15, 0.2) is 11.6 Å². The molecule has 2 fully saturated rings. The molecule has 1 aromatic rings. The summed E-state index contributed by atoms with van der Waals surface area (Å²) in [6.07, 6.45) is 8.39. The minimum Gasteiger partial charge on any atom is -0.328 e. The zero-order valence-electron chi connectivity index (χ0n) is 11.1. The number of fused-ring (bicyclic) bond motifs is 2. The van der Waals surface area contributed by atoms with Crippen molar-refractivity contribution in [2.45, 2.75) is 63.1 Å². The molecule has 100 valence electrons. The van der Waals surface area contributed by atoms with Crippen molar-refractivity contribution >= 4 is 11.3 Å². The quantitative estimate of drug-likeness (QED) is 0.913. The summed E-state index contributed by atoms with van der Waals surface area (Å²) < 4.78 is 0. The molecule has 2 N–H and O–H groups in total. The highest BCUT2D eigenvalue weighted by Crippen LogP contribution is 2.35. The van der Waals surface area contributed by atoms with Crippen molar-refractivity contribution < 1.29 is 0 Å². The Bertz CT molecular complexity index is 364. The van der Waals surface area contributed by atoms with E-state index >= 15 is 0 Å². The van der Waals surface area contributed by atoms with Crippen molar-refractivity contribution in [3.05, 3.63) is 16.6 Å². The number of aromatic nitrogens is 1. The Kier molecular flexibility index (Phi) is 3.68. The Morgan fingerprint density at radius 3 is 2.78 bits per heavy atom. The first kappa shape index (κ1) is 12.6. The van der Waals surface area contributed by atoms with Gasteiger partial charge in [0.2, 0.25) is 0 Å². The molecule has 2 bridgehead atoms. The Hall–Kier alpha value is -0.450. The van der Waals surface area contributed by atoms with E-state index < -0.39 is 0 Å². The van der Waals surface area contributed by atoms with Crippen molar-refractivity contribution in [2.75, 3.05) is 6.54 Å². The number of hydrogen-bond acceptors (Lipinski definition) is 4. The second-order valence-electron chi connectivity index (χ2n) is 5.94. The lowest BCUT2D eigenvalue weighted by molar-refractivity contribution is 0.0276. The zero-order valence-corrected chi connectivity index (χ0v) is 11.9. The van der Waals surface area contributed by atoms with Gasteiger partial charge in [-0.1, -0.05) is 13.3 Å². The van der Waals surface area contributed by atoms with E-state index in [9.17, 15) is 0 Å². The lowest BCUT2D eigenvalue weighted by Gasteiger charge is -2.49. The van der Waals surface area contributed by atoms with Crippen LogP contribution in [0.25, 0.3) is 0 Å². The lowest BCUT2D eigenvalue weighted by Crippen LogP contribution is -2.56. The second kappa shape index (κ2) is 5.27. The predicted molar refractivity (Wildman–Crippen MR) is 75.9 cm³/mol. The van der Waals surface area contributed by atoms with Gasteiger partial charge in [-0.15, -0.1) is 11.3 Å². The monoisotopic (exact) mass is 265 g/mol. The summed E-state index contributed by atoms with van der Waals surface area (Å²) in [4.78, 5) is 7.19. The molecule has 0 aromatic carbocycles. The van der Waals surface area contributed by atoms with E-state index in [1.165, 1.54) is 37.1 Å². The van der Waals surface area contributed by atoms with Crippen molar-refractivity contribution in [3.63, 3.8) is 0 Å². The highest BCUT2D eigenvalue weighted by molar-refractivity contribution is 7.09. The van der Waals surface area contributed by atoms with Crippen LogP contribution in [0.3, 0.4) is 0 Å². The van der Waals surface area contributed by atoms with Gasteiger partial charge in [0.05, 0.1) is 5.01 Å². The van der Waals surface area contributed by atoms with Gasteiger partial charge in [0.15, 0.2) is 0 Å². The molecule has 4 heteroatoms. The Balaban J connectivity index is 1.68. The normalized spacial score (nSPS) is 34.4. The highest BCUT2D eigenvalue weighted by atomic mass is 32.1. The summed E-state index contributed by atoms with van der Waals surface area (Å²) in [6, 6.07) is 1.90. The Morgan fingerprint density at radius 1 is 1.44 bits per heavy atom. The maximum Gasteiger partial charge on any atom is 0.0965 e. The van der Waals surface area contributed by atoms with Crippen LogP contribution in [0, 0.1) is 0 Å². The molecule has 3 nitrogen and oxygen atoms in total. The molecule has 1 aromatic heterocycles. The number of piperidine rings is 2. The van der Waals surface area contributed by atoms with Crippen LogP contribution in [0.1, 0.15) is 50.0 Å². The fourth-order valence-electron chi connectivity index (χ4n) is 3.69. The molecule has 2 aliphatic heterocycles. The molecular weight excluding hydrogens is 242 g/mol. The Morgan fingerprint density at radius 2 is 2.17 bits per heavy atom. The summed E-state index contributed by atoms with van der Waals surface area (Å²) in [6.45, 7) is 3.47. The second-order valence-corrected chi connectivity index (χ2v) is 6.86. The smallest absolute Gasteiger partial charge is 0.0965 e. The van der Waals surface area contributed by atoms with Gasteiger partial charge in [0.25, 0.3) is 0 Å². The van der Waals surface area contributed by atoms with Crippen LogP contribution >= 0.6 is 11.3 Å². The first-order chi connectivity index (χ1) is 8.74. The summed E-state index contributed by atoms with van der Waals surface area (Å²) in [5.74, 6) is 0.558. The predicted octanol–water partition coefficient (Wildman–Crippen LogP) is 2.59. The van der Waals surface area contributed by atoms with Gasteiger partial charge < -0.3 is 5.73 Å². The van der Waals surface area contributed by atoms with Gasteiger partial charge in [-0.2, -0.15) is 0 Å². The average Bonchev–Trinajstić information content (AvgIpc) is 2.83. The van der Waals surface area contributed by atoms with Crippen molar-refractivity contribution in [3.8, 4) is 0 Å². The van der Waals surface area contributed by atoms with E-state index in [2.05, 4.69) is 22.2 Å². The maximum atomic E-state index is 6.18. The molecular formula is C14H23N3S. The van der Waals surface area contributed by atoms with Crippen LogP contribution in [0.4, 0.5) is 0 Å². The van der Waals surface area contributed by atoms with Gasteiger partial charge in [0, 0.05) is 42.2 Å². The van der Waals surface area contributed by atoms with Crippen LogP contribution in [0.5, 0.6) is 0 Å². The topological polar surface area (TPSA) is 42.1 Å². The molecule has 0 spiro atoms. The van der Waals surface area contributed by atoms with Crippen molar-refractivity contribution in [2.24, 2.45) is 5.73 Å². The molecule has 18 heavy (non-hydrogen) atoms. The van der Waals surface area contributed by atoms with Crippen molar-refractivity contribution in [1.29, 1.82) is 0 Å². The maximum absolute atomic E-state index is 6.18. The SMILES string of the molecule is CC(CN1C2CCCC1CC(N)C2)c1nccs1. The molecule has 0 radical (unpaired) electrons. The molecule has 3 atom stereocenters. The van der Waals surface area contributed by atoms with Crippen LogP contribution in [0.2, 0.25) is 0 Å². The number of rotatable bonds is 3. The van der Waals surface area contributed by atoms with E-state index in [1.807, 2.05) is 6.20 Å².